The summed E-state index contributed by atoms with van der Waals surface area (Å²) < 4.78 is 85.3. The van der Waals surface area contributed by atoms with Crippen molar-refractivity contribution in [1.82, 2.24) is 10.2 Å². The van der Waals surface area contributed by atoms with Gasteiger partial charge in [0.15, 0.2) is 0 Å². The fourth-order valence-corrected chi connectivity index (χ4v) is 3.33. The van der Waals surface area contributed by atoms with E-state index in [4.69, 9.17) is 9.84 Å². The number of benzene rings is 1. The van der Waals surface area contributed by atoms with Crippen LogP contribution >= 0.6 is 12.4 Å². The summed E-state index contributed by atoms with van der Waals surface area (Å²) in [5.41, 5.74) is -3.07. The first kappa shape index (κ1) is 24.8. The first-order valence-electron chi connectivity index (χ1n) is 8.51. The minimum absolute atomic E-state index is 0. The van der Waals surface area contributed by atoms with Crippen LogP contribution in [0.1, 0.15) is 35.6 Å². The third-order valence-electron chi connectivity index (χ3n) is 4.56. The van der Waals surface area contributed by atoms with Gasteiger partial charge in [0.2, 0.25) is 0 Å². The van der Waals surface area contributed by atoms with Gasteiger partial charge in [0.05, 0.1) is 18.2 Å². The second-order valence-electron chi connectivity index (χ2n) is 6.30. The molecule has 0 amide bonds. The highest BCUT2D eigenvalue weighted by Crippen LogP contribution is 2.46. The molecule has 2 N–H and O–H groups in total. The lowest BCUT2D eigenvalue weighted by Crippen LogP contribution is -2.45. The average molecular weight is 437 g/mol. The molecule has 1 aromatic carbocycles. The average Bonchev–Trinajstić information content (AvgIpc) is 2.61. The number of ether oxygens (including phenoxy) is 1. The Kier molecular flexibility index (Phi) is 8.86. The molecule has 1 heterocycles. The number of halogens is 7. The van der Waals surface area contributed by atoms with Gasteiger partial charge in [0.1, 0.15) is 5.75 Å². The van der Waals surface area contributed by atoms with Gasteiger partial charge < -0.3 is 15.2 Å². The number of nitrogens with zero attached hydrogens (tertiary/aromatic N) is 1. The normalized spacial score (nSPS) is 17.1. The first-order valence-corrected chi connectivity index (χ1v) is 8.51. The number of alkyl halides is 6. The van der Waals surface area contributed by atoms with Crippen molar-refractivity contribution < 1.29 is 36.2 Å². The SMILES string of the molecule is COc1cc(C(F)(F)F)cc(C(F)(F)F)c1[C@@H](CCCO)N1CCNCC1.Cl. The van der Waals surface area contributed by atoms with E-state index in [0.717, 1.165) is 7.11 Å². The lowest BCUT2D eigenvalue weighted by molar-refractivity contribution is -0.144. The van der Waals surface area contributed by atoms with Crippen molar-refractivity contribution in [3.05, 3.63) is 28.8 Å². The molecule has 2 rings (SSSR count). The topological polar surface area (TPSA) is 44.7 Å². The maximum atomic E-state index is 13.7. The van der Waals surface area contributed by atoms with E-state index in [1.807, 2.05) is 0 Å². The molecule has 0 aliphatic carbocycles. The minimum atomic E-state index is -4.98. The Hall–Kier alpha value is -1.23. The molecule has 1 atom stereocenters. The Balaban J connectivity index is 0.00000392. The predicted octanol–water partition coefficient (Wildman–Crippen LogP) is 3.87. The van der Waals surface area contributed by atoms with Gasteiger partial charge in [-0.3, -0.25) is 4.90 Å². The minimum Gasteiger partial charge on any atom is -0.496 e. The molecule has 0 saturated carbocycles. The monoisotopic (exact) mass is 436 g/mol. The fraction of sp³-hybridized carbons (Fsp3) is 0.647. The van der Waals surface area contributed by atoms with Crippen LogP contribution in [0, 0.1) is 0 Å². The number of hydrogen-bond donors (Lipinski definition) is 2. The zero-order chi connectivity index (χ0) is 20.2. The lowest BCUT2D eigenvalue weighted by atomic mass is 9.91. The highest BCUT2D eigenvalue weighted by molar-refractivity contribution is 5.85. The Morgan fingerprint density at radius 2 is 1.71 bits per heavy atom. The number of nitrogens with one attached hydrogen (secondary N) is 1. The lowest BCUT2D eigenvalue weighted by Gasteiger charge is -2.37. The molecule has 0 bridgehead atoms. The summed E-state index contributed by atoms with van der Waals surface area (Å²) in [5, 5.41) is 12.2. The molecule has 0 aromatic heterocycles. The van der Waals surface area contributed by atoms with E-state index in [9.17, 15) is 26.3 Å². The van der Waals surface area contributed by atoms with Crippen LogP contribution in [-0.4, -0.2) is 49.9 Å². The highest BCUT2D eigenvalue weighted by atomic mass is 35.5. The fourth-order valence-electron chi connectivity index (χ4n) is 3.33. The van der Waals surface area contributed by atoms with Gasteiger partial charge in [-0.1, -0.05) is 0 Å². The summed E-state index contributed by atoms with van der Waals surface area (Å²) in [6, 6.07) is -0.0573. The van der Waals surface area contributed by atoms with Gasteiger partial charge in [-0.05, 0) is 25.0 Å². The van der Waals surface area contributed by atoms with Gasteiger partial charge in [-0.15, -0.1) is 12.4 Å². The maximum Gasteiger partial charge on any atom is 0.416 e. The Morgan fingerprint density at radius 3 is 2.18 bits per heavy atom. The third kappa shape index (κ3) is 5.88. The Morgan fingerprint density at radius 1 is 1.11 bits per heavy atom. The standard InChI is InChI=1S/C17H22F6N2O2.ClH/c1-27-14-10-11(16(18,19)20)9-12(17(21,22)23)15(14)13(3-2-8-26)25-6-4-24-5-7-25;/h9-10,13,24,26H,2-8H2,1H3;1H/t13-;/m1./s1. The van der Waals surface area contributed by atoms with Crippen molar-refractivity contribution in [2.45, 2.75) is 31.2 Å². The van der Waals surface area contributed by atoms with E-state index < -0.39 is 35.3 Å². The molecule has 1 fully saturated rings. The summed E-state index contributed by atoms with van der Waals surface area (Å²) in [5.74, 6) is -0.446. The van der Waals surface area contributed by atoms with Crippen LogP contribution in [0.4, 0.5) is 26.3 Å². The summed E-state index contributed by atoms with van der Waals surface area (Å²) in [6.07, 6.45) is -9.52. The quantitative estimate of drug-likeness (QED) is 0.664. The van der Waals surface area contributed by atoms with E-state index in [2.05, 4.69) is 5.32 Å². The number of aliphatic hydroxyl groups is 1. The Labute approximate surface area is 165 Å². The van der Waals surface area contributed by atoms with Crippen LogP contribution in [-0.2, 0) is 12.4 Å². The van der Waals surface area contributed by atoms with Crippen molar-refractivity contribution in [2.24, 2.45) is 0 Å². The molecule has 1 aliphatic heterocycles. The van der Waals surface area contributed by atoms with Crippen LogP contribution < -0.4 is 10.1 Å². The summed E-state index contributed by atoms with van der Waals surface area (Å²) in [6.45, 7) is 1.77. The zero-order valence-corrected chi connectivity index (χ0v) is 16.0. The van der Waals surface area contributed by atoms with E-state index >= 15 is 0 Å². The van der Waals surface area contributed by atoms with Crippen molar-refractivity contribution >= 4 is 12.4 Å². The van der Waals surface area contributed by atoms with E-state index in [1.165, 1.54) is 0 Å². The molecule has 0 radical (unpaired) electrons. The van der Waals surface area contributed by atoms with Crippen LogP contribution in [0.3, 0.4) is 0 Å². The van der Waals surface area contributed by atoms with Gasteiger partial charge in [-0.2, -0.15) is 26.3 Å². The van der Waals surface area contributed by atoms with Gasteiger partial charge >= 0.3 is 12.4 Å². The summed E-state index contributed by atoms with van der Waals surface area (Å²) in [4.78, 5) is 1.78. The molecule has 1 saturated heterocycles. The molecule has 1 aromatic rings. The largest absolute Gasteiger partial charge is 0.496 e. The number of hydrogen-bond acceptors (Lipinski definition) is 4. The van der Waals surface area contributed by atoms with Gasteiger partial charge in [0.25, 0.3) is 0 Å². The number of rotatable bonds is 6. The van der Waals surface area contributed by atoms with Crippen LogP contribution in [0.5, 0.6) is 5.75 Å². The maximum absolute atomic E-state index is 13.7. The molecule has 0 unspecified atom stereocenters. The van der Waals surface area contributed by atoms with Crippen molar-refractivity contribution in [1.29, 1.82) is 0 Å². The van der Waals surface area contributed by atoms with E-state index in [-0.39, 0.29) is 43.5 Å². The predicted molar refractivity (Wildman–Crippen MR) is 93.7 cm³/mol. The smallest absolute Gasteiger partial charge is 0.416 e. The Bertz CT molecular complexity index is 633. The first-order chi connectivity index (χ1) is 12.6. The third-order valence-corrected chi connectivity index (χ3v) is 4.56. The molecular formula is C17H23ClF6N2O2. The number of piperazine rings is 1. The van der Waals surface area contributed by atoms with E-state index in [0.29, 0.717) is 32.2 Å². The van der Waals surface area contributed by atoms with Gasteiger partial charge in [-0.25, -0.2) is 0 Å². The molecule has 1 aliphatic rings. The molecule has 28 heavy (non-hydrogen) atoms. The van der Waals surface area contributed by atoms with Crippen molar-refractivity contribution in [3.8, 4) is 5.75 Å². The van der Waals surface area contributed by atoms with Crippen molar-refractivity contribution in [3.63, 3.8) is 0 Å². The number of aliphatic hydroxyl groups excluding tert-OH is 1. The molecular weight excluding hydrogens is 414 g/mol. The van der Waals surface area contributed by atoms with Gasteiger partial charge in [0, 0.05) is 44.4 Å². The molecule has 162 valence electrons. The highest BCUT2D eigenvalue weighted by Gasteiger charge is 2.42. The van der Waals surface area contributed by atoms with Crippen LogP contribution in [0.15, 0.2) is 12.1 Å². The molecule has 4 nitrogen and oxygen atoms in total. The van der Waals surface area contributed by atoms with Crippen LogP contribution in [0.25, 0.3) is 0 Å². The summed E-state index contributed by atoms with van der Waals surface area (Å²) in [7, 11) is 1.06. The number of methoxy groups -OCH3 is 1. The van der Waals surface area contributed by atoms with Crippen molar-refractivity contribution in [2.75, 3.05) is 39.9 Å². The zero-order valence-electron chi connectivity index (χ0n) is 15.2. The second-order valence-corrected chi connectivity index (χ2v) is 6.30. The van der Waals surface area contributed by atoms with Crippen LogP contribution in [0.2, 0.25) is 0 Å². The molecule has 0 spiro atoms. The summed E-state index contributed by atoms with van der Waals surface area (Å²) >= 11 is 0. The second kappa shape index (κ2) is 10.00. The van der Waals surface area contributed by atoms with E-state index in [1.54, 1.807) is 4.90 Å². The molecule has 11 heteroatoms.